The summed E-state index contributed by atoms with van der Waals surface area (Å²) in [6.07, 6.45) is 1.75. The highest BCUT2D eigenvalue weighted by atomic mass is 35.5. The van der Waals surface area contributed by atoms with Gasteiger partial charge >= 0.3 is 5.97 Å². The Morgan fingerprint density at radius 3 is 2.64 bits per heavy atom. The van der Waals surface area contributed by atoms with Crippen LogP contribution in [0.3, 0.4) is 0 Å². The summed E-state index contributed by atoms with van der Waals surface area (Å²) < 4.78 is 11.2. The Hall–Kier alpha value is -2.24. The number of carbonyl (C=O) groups is 2. The molecule has 3 fully saturated rings. The number of fused-ring (bicyclic) bond motifs is 1. The van der Waals surface area contributed by atoms with Crippen molar-refractivity contribution in [2.75, 3.05) is 5.32 Å². The van der Waals surface area contributed by atoms with Crippen molar-refractivity contribution in [1.29, 1.82) is 0 Å². The van der Waals surface area contributed by atoms with Gasteiger partial charge in [0.25, 0.3) is 0 Å². The molecule has 2 bridgehead atoms. The first-order valence-corrected chi connectivity index (χ1v) is 9.99. The molecule has 0 radical (unpaired) electrons. The molecule has 0 aromatic heterocycles. The van der Waals surface area contributed by atoms with Gasteiger partial charge in [-0.15, -0.1) is 0 Å². The molecule has 144 valence electrons. The van der Waals surface area contributed by atoms with Crippen LogP contribution in [-0.4, -0.2) is 18.0 Å². The van der Waals surface area contributed by atoms with Gasteiger partial charge in [0.05, 0.1) is 16.9 Å². The van der Waals surface area contributed by atoms with Crippen LogP contribution in [0.5, 0.6) is 11.5 Å². The van der Waals surface area contributed by atoms with E-state index in [1.165, 1.54) is 0 Å². The Kier molecular flexibility index (Phi) is 4.25. The van der Waals surface area contributed by atoms with E-state index in [4.69, 9.17) is 32.7 Å². The van der Waals surface area contributed by atoms with E-state index in [0.29, 0.717) is 27.2 Å². The third-order valence-electron chi connectivity index (χ3n) is 6.03. The number of nitrogens with one attached hydrogen (secondary N) is 1. The molecule has 1 N–H and O–H groups in total. The number of amides is 1. The molecule has 5 atom stereocenters. The predicted octanol–water partition coefficient (Wildman–Crippen LogP) is 4.92. The van der Waals surface area contributed by atoms with E-state index in [9.17, 15) is 9.59 Å². The molecule has 2 aliphatic carbocycles. The zero-order valence-electron chi connectivity index (χ0n) is 14.7. The second kappa shape index (κ2) is 6.68. The predicted molar refractivity (Wildman–Crippen MR) is 105 cm³/mol. The van der Waals surface area contributed by atoms with Gasteiger partial charge in [0.15, 0.2) is 0 Å². The smallest absolute Gasteiger partial charge is 0.310 e. The lowest BCUT2D eigenvalue weighted by Crippen LogP contribution is -2.35. The molecule has 7 heteroatoms. The summed E-state index contributed by atoms with van der Waals surface area (Å²) in [5.74, 6) is 0.652. The number of hydrogen-bond donors (Lipinski definition) is 1. The first kappa shape index (κ1) is 17.8. The Labute approximate surface area is 171 Å². The number of ether oxygens (including phenoxy) is 2. The maximum absolute atomic E-state index is 12.8. The summed E-state index contributed by atoms with van der Waals surface area (Å²) in [6, 6.07) is 12.0. The van der Waals surface area contributed by atoms with Crippen molar-refractivity contribution in [2.24, 2.45) is 23.7 Å². The number of carbonyl (C=O) groups excluding carboxylic acids is 2. The Morgan fingerprint density at radius 1 is 1.11 bits per heavy atom. The molecule has 1 amide bonds. The molecule has 2 saturated carbocycles. The quantitative estimate of drug-likeness (QED) is 0.716. The molecular weight excluding hydrogens is 401 g/mol. The van der Waals surface area contributed by atoms with Gasteiger partial charge in [-0.2, -0.15) is 0 Å². The Bertz CT molecular complexity index is 959. The topological polar surface area (TPSA) is 64.6 Å². The lowest BCUT2D eigenvalue weighted by atomic mass is 9.79. The van der Waals surface area contributed by atoms with Gasteiger partial charge in [-0.25, -0.2) is 0 Å². The number of esters is 1. The first-order valence-electron chi connectivity index (χ1n) is 9.24. The normalized spacial score (nSPS) is 29.6. The van der Waals surface area contributed by atoms with Crippen LogP contribution < -0.4 is 10.1 Å². The zero-order valence-corrected chi connectivity index (χ0v) is 16.2. The molecule has 1 aliphatic heterocycles. The highest BCUT2D eigenvalue weighted by molar-refractivity contribution is 6.35. The molecule has 1 heterocycles. The molecule has 5 rings (SSSR count). The molecular formula is C21H17Cl2NO4. The van der Waals surface area contributed by atoms with Crippen molar-refractivity contribution >= 4 is 40.8 Å². The van der Waals surface area contributed by atoms with Gasteiger partial charge < -0.3 is 14.8 Å². The van der Waals surface area contributed by atoms with Crippen LogP contribution in [0.2, 0.25) is 10.0 Å². The van der Waals surface area contributed by atoms with Crippen molar-refractivity contribution in [3.8, 4) is 11.5 Å². The van der Waals surface area contributed by atoms with Crippen molar-refractivity contribution in [1.82, 2.24) is 0 Å². The largest absolute Gasteiger partial charge is 0.462 e. The fourth-order valence-corrected chi connectivity index (χ4v) is 5.33. The molecule has 2 aromatic rings. The first-order chi connectivity index (χ1) is 13.5. The summed E-state index contributed by atoms with van der Waals surface area (Å²) in [5, 5.41) is 3.89. The molecule has 0 unspecified atom stereocenters. The van der Waals surface area contributed by atoms with Crippen LogP contribution in [-0.2, 0) is 14.3 Å². The number of halogens is 2. The van der Waals surface area contributed by atoms with E-state index in [1.54, 1.807) is 42.5 Å². The van der Waals surface area contributed by atoms with Gasteiger partial charge in [-0.05, 0) is 61.2 Å². The maximum Gasteiger partial charge on any atom is 0.310 e. The fourth-order valence-electron chi connectivity index (χ4n) is 4.88. The number of rotatable bonds is 4. The van der Waals surface area contributed by atoms with Gasteiger partial charge in [-0.3, -0.25) is 9.59 Å². The molecule has 0 spiro atoms. The van der Waals surface area contributed by atoms with E-state index in [0.717, 1.165) is 12.8 Å². The average Bonchev–Trinajstić information content (AvgIpc) is 3.28. The third-order valence-corrected chi connectivity index (χ3v) is 6.56. The second-order valence-electron chi connectivity index (χ2n) is 7.61. The third kappa shape index (κ3) is 2.93. The van der Waals surface area contributed by atoms with E-state index in [1.807, 2.05) is 0 Å². The Balaban J connectivity index is 1.26. The lowest BCUT2D eigenvalue weighted by molar-refractivity contribution is -0.145. The van der Waals surface area contributed by atoms with E-state index < -0.39 is 0 Å². The molecule has 28 heavy (non-hydrogen) atoms. The van der Waals surface area contributed by atoms with Gasteiger partial charge in [0.2, 0.25) is 5.91 Å². The van der Waals surface area contributed by atoms with Crippen LogP contribution in [0, 0.1) is 23.7 Å². The maximum atomic E-state index is 12.8. The van der Waals surface area contributed by atoms with Crippen LogP contribution >= 0.6 is 23.2 Å². The van der Waals surface area contributed by atoms with Crippen LogP contribution in [0.4, 0.5) is 5.69 Å². The zero-order chi connectivity index (χ0) is 19.4. The number of benzene rings is 2. The molecule has 3 aliphatic rings. The summed E-state index contributed by atoms with van der Waals surface area (Å²) in [4.78, 5) is 24.9. The summed E-state index contributed by atoms with van der Waals surface area (Å²) >= 11 is 12.0. The average molecular weight is 418 g/mol. The minimum Gasteiger partial charge on any atom is -0.462 e. The standard InChI is InChI=1S/C21H17Cl2NO4/c22-11-1-6-16(15(23)9-11)27-13-4-2-12(3-5-13)24-20(25)18-10-7-14-17(8-10)28-21(26)19(14)18/h1-6,9-10,14,17-19H,7-8H2,(H,24,25)/t10-,14+,17+,18-,19-/m1/s1. The van der Waals surface area contributed by atoms with E-state index in [-0.39, 0.29) is 41.7 Å². The number of hydrogen-bond acceptors (Lipinski definition) is 4. The lowest BCUT2D eigenvalue weighted by Gasteiger charge is -2.23. The fraction of sp³-hybridized carbons (Fsp3) is 0.333. The van der Waals surface area contributed by atoms with Crippen molar-refractivity contribution in [2.45, 2.75) is 18.9 Å². The minimum absolute atomic E-state index is 0.0303. The van der Waals surface area contributed by atoms with Gasteiger partial charge in [-0.1, -0.05) is 23.2 Å². The molecule has 2 aromatic carbocycles. The van der Waals surface area contributed by atoms with Crippen molar-refractivity contribution in [3.05, 3.63) is 52.5 Å². The molecule has 5 nitrogen and oxygen atoms in total. The monoisotopic (exact) mass is 417 g/mol. The van der Waals surface area contributed by atoms with Crippen molar-refractivity contribution < 1.29 is 19.1 Å². The van der Waals surface area contributed by atoms with E-state index >= 15 is 0 Å². The minimum atomic E-state index is -0.292. The molecule has 1 saturated heterocycles. The van der Waals surface area contributed by atoms with Gasteiger partial charge in [0.1, 0.15) is 17.6 Å². The highest BCUT2D eigenvalue weighted by Gasteiger charge is 2.63. The number of anilines is 1. The van der Waals surface area contributed by atoms with Gasteiger partial charge in [0, 0.05) is 16.6 Å². The summed E-state index contributed by atoms with van der Waals surface area (Å²) in [7, 11) is 0. The van der Waals surface area contributed by atoms with Crippen LogP contribution in [0.15, 0.2) is 42.5 Å². The Morgan fingerprint density at radius 2 is 1.89 bits per heavy atom. The second-order valence-corrected chi connectivity index (χ2v) is 8.46. The van der Waals surface area contributed by atoms with E-state index in [2.05, 4.69) is 5.32 Å². The SMILES string of the molecule is O=C(Nc1ccc(Oc2ccc(Cl)cc2Cl)cc1)[C@@H]1[C@@H]2C[C@@H]3[C@H]1C(=O)O[C@H]3C2. The summed E-state index contributed by atoms with van der Waals surface area (Å²) in [6.45, 7) is 0. The summed E-state index contributed by atoms with van der Waals surface area (Å²) in [5.41, 5.74) is 0.658. The van der Waals surface area contributed by atoms with Crippen molar-refractivity contribution in [3.63, 3.8) is 0 Å². The van der Waals surface area contributed by atoms with Crippen LogP contribution in [0.1, 0.15) is 12.8 Å². The van der Waals surface area contributed by atoms with Crippen LogP contribution in [0.25, 0.3) is 0 Å². The highest BCUT2D eigenvalue weighted by Crippen LogP contribution is 2.57.